The zero-order valence-corrected chi connectivity index (χ0v) is 11.6. The van der Waals surface area contributed by atoms with E-state index >= 15 is 0 Å². The van der Waals surface area contributed by atoms with E-state index in [-0.39, 0.29) is 24.1 Å². The molecule has 5 heteroatoms. The van der Waals surface area contributed by atoms with Crippen LogP contribution >= 0.6 is 0 Å². The molecular formula is C17H12FNO3. The first-order valence-corrected chi connectivity index (χ1v) is 7.03. The van der Waals surface area contributed by atoms with Crippen LogP contribution in [0.1, 0.15) is 28.8 Å². The van der Waals surface area contributed by atoms with Gasteiger partial charge in [-0.3, -0.25) is 9.59 Å². The Hall–Kier alpha value is -2.69. The van der Waals surface area contributed by atoms with Crippen molar-refractivity contribution < 1.29 is 18.7 Å². The smallest absolute Gasteiger partial charge is 0.267 e. The third kappa shape index (κ3) is 1.62. The number of nitrogens with zero attached hydrogens (tertiary/aromatic N) is 1. The molecule has 0 bridgehead atoms. The molecule has 2 aliphatic rings. The number of halogens is 1. The standard InChI is InChI=1S/C17H12FNO3/c18-12-7-5-11(6-8-12)17-10-9-15(20)19(17)16(21)13-3-1-2-4-14(13)22-17/h1-8H,9-10H2. The van der Waals surface area contributed by atoms with Crippen molar-refractivity contribution in [1.29, 1.82) is 0 Å². The van der Waals surface area contributed by atoms with Crippen LogP contribution in [0, 0.1) is 5.82 Å². The maximum Gasteiger partial charge on any atom is 0.267 e. The Balaban J connectivity index is 1.92. The first-order valence-electron chi connectivity index (χ1n) is 7.03. The van der Waals surface area contributed by atoms with Crippen molar-refractivity contribution in [3.8, 4) is 5.75 Å². The molecule has 0 aliphatic carbocycles. The van der Waals surface area contributed by atoms with E-state index in [0.29, 0.717) is 23.3 Å². The minimum Gasteiger partial charge on any atom is -0.462 e. The molecule has 4 nitrogen and oxygen atoms in total. The largest absolute Gasteiger partial charge is 0.462 e. The summed E-state index contributed by atoms with van der Waals surface area (Å²) in [7, 11) is 0. The lowest BCUT2D eigenvalue weighted by Gasteiger charge is -2.41. The van der Waals surface area contributed by atoms with Crippen LogP contribution in [-0.2, 0) is 10.5 Å². The highest BCUT2D eigenvalue weighted by atomic mass is 19.1. The number of fused-ring (bicyclic) bond motifs is 2. The zero-order chi connectivity index (χ0) is 15.3. The van der Waals surface area contributed by atoms with Gasteiger partial charge in [0.1, 0.15) is 11.6 Å². The molecule has 2 aromatic rings. The van der Waals surface area contributed by atoms with Crippen molar-refractivity contribution in [2.45, 2.75) is 18.6 Å². The first-order chi connectivity index (χ1) is 10.6. The number of imide groups is 1. The lowest BCUT2D eigenvalue weighted by molar-refractivity contribution is -0.137. The number of carbonyl (C=O) groups is 2. The molecule has 2 heterocycles. The molecule has 0 N–H and O–H groups in total. The zero-order valence-electron chi connectivity index (χ0n) is 11.6. The molecule has 2 amide bonds. The minimum atomic E-state index is -1.17. The normalized spacial score (nSPS) is 23.0. The molecule has 1 fully saturated rings. The molecule has 2 aromatic carbocycles. The fourth-order valence-electron chi connectivity index (χ4n) is 3.15. The van der Waals surface area contributed by atoms with E-state index in [4.69, 9.17) is 4.74 Å². The summed E-state index contributed by atoms with van der Waals surface area (Å²) >= 11 is 0. The summed E-state index contributed by atoms with van der Waals surface area (Å²) in [6.07, 6.45) is 0.578. The van der Waals surface area contributed by atoms with E-state index in [9.17, 15) is 14.0 Å². The van der Waals surface area contributed by atoms with Crippen LogP contribution in [0.15, 0.2) is 48.5 Å². The van der Waals surface area contributed by atoms with Crippen LogP contribution in [0.4, 0.5) is 4.39 Å². The van der Waals surface area contributed by atoms with E-state index in [0.717, 1.165) is 0 Å². The summed E-state index contributed by atoms with van der Waals surface area (Å²) in [5.74, 6) is -0.571. The molecule has 22 heavy (non-hydrogen) atoms. The van der Waals surface area contributed by atoms with Gasteiger partial charge in [0.2, 0.25) is 11.6 Å². The van der Waals surface area contributed by atoms with Gasteiger partial charge in [-0.15, -0.1) is 0 Å². The SMILES string of the molecule is O=C1CCC2(c3ccc(F)cc3)Oc3ccccc3C(=O)N12. The van der Waals surface area contributed by atoms with Crippen LogP contribution in [0.5, 0.6) is 5.75 Å². The topological polar surface area (TPSA) is 46.6 Å². The average molecular weight is 297 g/mol. The molecule has 1 atom stereocenters. The van der Waals surface area contributed by atoms with Crippen LogP contribution in [-0.4, -0.2) is 16.7 Å². The number of amides is 2. The maximum absolute atomic E-state index is 13.2. The molecule has 0 saturated carbocycles. The fourth-order valence-corrected chi connectivity index (χ4v) is 3.15. The van der Waals surface area contributed by atoms with Gasteiger partial charge >= 0.3 is 0 Å². The van der Waals surface area contributed by atoms with Gasteiger partial charge < -0.3 is 4.74 Å². The Morgan fingerprint density at radius 3 is 2.55 bits per heavy atom. The van der Waals surface area contributed by atoms with Crippen LogP contribution in [0.2, 0.25) is 0 Å². The van der Waals surface area contributed by atoms with Crippen molar-refractivity contribution in [3.05, 3.63) is 65.5 Å². The maximum atomic E-state index is 13.2. The summed E-state index contributed by atoms with van der Waals surface area (Å²) < 4.78 is 19.3. The van der Waals surface area contributed by atoms with Crippen molar-refractivity contribution in [3.63, 3.8) is 0 Å². The van der Waals surface area contributed by atoms with Crippen molar-refractivity contribution >= 4 is 11.8 Å². The average Bonchev–Trinajstić information content (AvgIpc) is 2.86. The quantitative estimate of drug-likeness (QED) is 0.760. The monoisotopic (exact) mass is 297 g/mol. The second-order valence-electron chi connectivity index (χ2n) is 5.42. The van der Waals surface area contributed by atoms with Gasteiger partial charge in [-0.2, -0.15) is 0 Å². The Bertz CT molecular complexity index is 787. The molecule has 4 rings (SSSR count). The number of rotatable bonds is 1. The number of hydrogen-bond acceptors (Lipinski definition) is 3. The lowest BCUT2D eigenvalue weighted by atomic mass is 9.96. The number of carbonyl (C=O) groups excluding carboxylic acids is 2. The van der Waals surface area contributed by atoms with Gasteiger partial charge in [0, 0.05) is 18.4 Å². The molecule has 0 aromatic heterocycles. The van der Waals surface area contributed by atoms with Crippen molar-refractivity contribution in [1.82, 2.24) is 4.90 Å². The molecule has 1 saturated heterocycles. The number of ether oxygens (including phenoxy) is 1. The molecule has 0 radical (unpaired) electrons. The van der Waals surface area contributed by atoms with Crippen LogP contribution in [0.3, 0.4) is 0 Å². The lowest BCUT2D eigenvalue weighted by Crippen LogP contribution is -2.53. The van der Waals surface area contributed by atoms with E-state index in [2.05, 4.69) is 0 Å². The van der Waals surface area contributed by atoms with Crippen molar-refractivity contribution in [2.75, 3.05) is 0 Å². The summed E-state index contributed by atoms with van der Waals surface area (Å²) in [4.78, 5) is 26.1. The van der Waals surface area contributed by atoms with Gasteiger partial charge in [-0.25, -0.2) is 9.29 Å². The number of hydrogen-bond donors (Lipinski definition) is 0. The third-order valence-corrected chi connectivity index (χ3v) is 4.18. The predicted octanol–water partition coefficient (Wildman–Crippen LogP) is 2.83. The molecule has 2 aliphatic heterocycles. The van der Waals surface area contributed by atoms with E-state index < -0.39 is 5.72 Å². The highest BCUT2D eigenvalue weighted by Crippen LogP contribution is 2.46. The Labute approximate surface area is 126 Å². The van der Waals surface area contributed by atoms with Crippen LogP contribution in [0.25, 0.3) is 0 Å². The van der Waals surface area contributed by atoms with Gasteiger partial charge in [-0.1, -0.05) is 24.3 Å². The second-order valence-corrected chi connectivity index (χ2v) is 5.42. The molecule has 0 spiro atoms. The Morgan fingerprint density at radius 2 is 1.77 bits per heavy atom. The summed E-state index contributed by atoms with van der Waals surface area (Å²) in [6.45, 7) is 0. The molecular weight excluding hydrogens is 285 g/mol. The predicted molar refractivity (Wildman–Crippen MR) is 75.6 cm³/mol. The van der Waals surface area contributed by atoms with E-state index in [1.165, 1.54) is 17.0 Å². The van der Waals surface area contributed by atoms with E-state index in [1.54, 1.807) is 36.4 Å². The summed E-state index contributed by atoms with van der Waals surface area (Å²) in [5, 5.41) is 0. The Morgan fingerprint density at radius 1 is 1.05 bits per heavy atom. The van der Waals surface area contributed by atoms with E-state index in [1.807, 2.05) is 0 Å². The van der Waals surface area contributed by atoms with Gasteiger partial charge in [0.05, 0.1) is 5.56 Å². The second kappa shape index (κ2) is 4.40. The fraction of sp³-hybridized carbons (Fsp3) is 0.176. The van der Waals surface area contributed by atoms with Gasteiger partial charge in [0.25, 0.3) is 5.91 Å². The van der Waals surface area contributed by atoms with Gasteiger partial charge in [0.15, 0.2) is 0 Å². The highest BCUT2D eigenvalue weighted by molar-refractivity contribution is 6.08. The molecule has 1 unspecified atom stereocenters. The van der Waals surface area contributed by atoms with Gasteiger partial charge in [-0.05, 0) is 24.3 Å². The number of benzene rings is 2. The van der Waals surface area contributed by atoms with Crippen molar-refractivity contribution in [2.24, 2.45) is 0 Å². The minimum absolute atomic E-state index is 0.219. The summed E-state index contributed by atoms with van der Waals surface area (Å²) in [6, 6.07) is 12.6. The Kier molecular flexibility index (Phi) is 2.60. The van der Waals surface area contributed by atoms with Crippen LogP contribution < -0.4 is 4.74 Å². The first kappa shape index (κ1) is 13.0. The highest BCUT2D eigenvalue weighted by Gasteiger charge is 2.55. The number of para-hydroxylation sites is 1. The third-order valence-electron chi connectivity index (χ3n) is 4.18. The molecule has 110 valence electrons. The summed E-state index contributed by atoms with van der Waals surface area (Å²) in [5.41, 5.74) is -0.200.